The first-order chi connectivity index (χ1) is 15.0. The molecule has 0 spiro atoms. The van der Waals surface area contributed by atoms with Crippen LogP contribution in [0.1, 0.15) is 37.9 Å². The fraction of sp³-hybridized carbons (Fsp3) is 0.591. The third kappa shape index (κ3) is 4.28. The van der Waals surface area contributed by atoms with Gasteiger partial charge in [-0.25, -0.2) is 13.8 Å². The average Bonchev–Trinajstić information content (AvgIpc) is 3.12. The maximum atomic E-state index is 13.3. The van der Waals surface area contributed by atoms with Crippen molar-refractivity contribution in [2.75, 3.05) is 29.7 Å². The number of likely N-dealkylation sites (N-methyl/N-ethyl adjacent to an activating group) is 1. The van der Waals surface area contributed by atoms with Crippen LogP contribution in [-0.2, 0) is 22.6 Å². The van der Waals surface area contributed by atoms with Crippen LogP contribution in [0.25, 0.3) is 0 Å². The Hall–Kier alpha value is -2.75. The van der Waals surface area contributed by atoms with Gasteiger partial charge in [0.1, 0.15) is 11.9 Å². The molecule has 2 aliphatic rings. The number of rotatable bonds is 7. The normalized spacial score (nSPS) is 22.0. The molecule has 1 aliphatic heterocycles. The molecule has 0 unspecified atom stereocenters. The van der Waals surface area contributed by atoms with Crippen LogP contribution >= 0.6 is 0 Å². The van der Waals surface area contributed by atoms with Gasteiger partial charge in [0, 0.05) is 57.9 Å². The van der Waals surface area contributed by atoms with E-state index in [9.17, 15) is 13.6 Å². The first-order valence-corrected chi connectivity index (χ1v) is 10.7. The van der Waals surface area contributed by atoms with Gasteiger partial charge < -0.3 is 20.3 Å². The second kappa shape index (κ2) is 7.99. The van der Waals surface area contributed by atoms with E-state index < -0.39 is 17.4 Å². The van der Waals surface area contributed by atoms with Crippen molar-refractivity contribution in [3.05, 3.63) is 29.7 Å². The number of nitrogens with zero attached hydrogens (tertiary/aromatic N) is 4. The van der Waals surface area contributed by atoms with Gasteiger partial charge in [-0.15, -0.1) is 0 Å². The Labute approximate surface area is 186 Å². The summed E-state index contributed by atoms with van der Waals surface area (Å²) in [6, 6.07) is 1.46. The maximum absolute atomic E-state index is 13.3. The van der Waals surface area contributed by atoms with Crippen molar-refractivity contribution in [3.63, 3.8) is 0 Å². The van der Waals surface area contributed by atoms with Gasteiger partial charge in [-0.05, 0) is 19.3 Å². The molecule has 0 radical (unpaired) electrons. The Kier molecular flexibility index (Phi) is 5.60. The number of alkyl halides is 2. The summed E-state index contributed by atoms with van der Waals surface area (Å²) in [5, 5.41) is 10.6. The number of methoxy groups -OCH3 is 1. The van der Waals surface area contributed by atoms with E-state index in [2.05, 4.69) is 20.7 Å². The number of halogens is 2. The van der Waals surface area contributed by atoms with Gasteiger partial charge >= 0.3 is 0 Å². The predicted molar refractivity (Wildman–Crippen MR) is 118 cm³/mol. The Morgan fingerprint density at radius 2 is 2.12 bits per heavy atom. The van der Waals surface area contributed by atoms with Crippen LogP contribution in [-0.4, -0.2) is 52.9 Å². The van der Waals surface area contributed by atoms with E-state index in [-0.39, 0.29) is 24.9 Å². The fourth-order valence-electron chi connectivity index (χ4n) is 4.84. The van der Waals surface area contributed by atoms with Crippen molar-refractivity contribution in [1.29, 1.82) is 0 Å². The molecule has 0 bridgehead atoms. The Morgan fingerprint density at radius 1 is 1.41 bits per heavy atom. The summed E-state index contributed by atoms with van der Waals surface area (Å²) in [6.07, 6.45) is 3.14. The fourth-order valence-corrected chi connectivity index (χ4v) is 4.84. The van der Waals surface area contributed by atoms with Gasteiger partial charge in [0.15, 0.2) is 0 Å². The number of hydrogen-bond donors (Lipinski definition) is 2. The lowest BCUT2D eigenvalue weighted by molar-refractivity contribution is -0.159. The number of anilines is 3. The van der Waals surface area contributed by atoms with E-state index in [0.717, 1.165) is 11.3 Å². The lowest BCUT2D eigenvalue weighted by atomic mass is 9.67. The Balaban J connectivity index is 1.44. The first-order valence-electron chi connectivity index (χ1n) is 10.7. The molecule has 2 N–H and O–H groups in total. The Morgan fingerprint density at radius 3 is 2.78 bits per heavy atom. The highest BCUT2D eigenvalue weighted by Gasteiger charge is 2.53. The Bertz CT molecular complexity index is 1020. The van der Waals surface area contributed by atoms with E-state index in [1.807, 2.05) is 45.0 Å². The highest BCUT2D eigenvalue weighted by molar-refractivity contribution is 6.04. The second-order valence-corrected chi connectivity index (χ2v) is 9.39. The molecule has 0 aromatic carbocycles. The molecule has 1 saturated carbocycles. The molecule has 1 aliphatic carbocycles. The minimum absolute atomic E-state index is 0.0987. The third-order valence-electron chi connectivity index (χ3n) is 6.38. The summed E-state index contributed by atoms with van der Waals surface area (Å²) < 4.78 is 33.6. The summed E-state index contributed by atoms with van der Waals surface area (Å²) in [5.74, 6) is -1.99. The lowest BCUT2D eigenvalue weighted by Gasteiger charge is -2.44. The van der Waals surface area contributed by atoms with E-state index in [1.54, 1.807) is 18.0 Å². The summed E-state index contributed by atoms with van der Waals surface area (Å²) in [6.45, 7) is 6.55. The van der Waals surface area contributed by atoms with Gasteiger partial charge in [0.25, 0.3) is 0 Å². The zero-order valence-electron chi connectivity index (χ0n) is 19.1. The largest absolute Gasteiger partial charge is 0.379 e. The topological polar surface area (TPSA) is 84.3 Å². The van der Waals surface area contributed by atoms with Crippen LogP contribution in [0, 0.1) is 12.3 Å². The molecule has 10 heteroatoms. The number of aromatic nitrogens is 3. The standard InChI is InChI=1S/C22H30F2N6O2/c1-13-18-16(29(4)19(14(2)32-5)20(31)28-18)6-17(27-13)25-7-15-8-26-30(9-15)12-21(3)10-22(23,24)11-21/h6,8-9,14,19H,7,10-12H2,1-5H3,(H,25,27)(H,28,31)/t14-,19+/m1/s1. The summed E-state index contributed by atoms with van der Waals surface area (Å²) in [7, 11) is 3.46. The van der Waals surface area contributed by atoms with Crippen LogP contribution < -0.4 is 15.5 Å². The number of hydrogen-bond acceptors (Lipinski definition) is 6. The number of ether oxygens (including phenoxy) is 1. The summed E-state index contributed by atoms with van der Waals surface area (Å²) >= 11 is 0. The van der Waals surface area contributed by atoms with Crippen LogP contribution in [0.4, 0.5) is 26.0 Å². The average molecular weight is 449 g/mol. The number of pyridine rings is 1. The molecule has 3 heterocycles. The molecular weight excluding hydrogens is 418 g/mol. The molecule has 0 saturated heterocycles. The number of fused-ring (bicyclic) bond motifs is 1. The second-order valence-electron chi connectivity index (χ2n) is 9.39. The lowest BCUT2D eigenvalue weighted by Crippen LogP contribution is -2.52. The number of carbonyl (C=O) groups is 1. The van der Waals surface area contributed by atoms with Crippen LogP contribution in [0.5, 0.6) is 0 Å². The van der Waals surface area contributed by atoms with Crippen molar-refractivity contribution in [2.45, 2.75) is 64.8 Å². The summed E-state index contributed by atoms with van der Waals surface area (Å²) in [4.78, 5) is 19.0. The third-order valence-corrected chi connectivity index (χ3v) is 6.38. The summed E-state index contributed by atoms with van der Waals surface area (Å²) in [5.41, 5.74) is 2.79. The van der Waals surface area contributed by atoms with Crippen molar-refractivity contribution in [2.24, 2.45) is 5.41 Å². The molecule has 32 heavy (non-hydrogen) atoms. The van der Waals surface area contributed by atoms with E-state index in [4.69, 9.17) is 4.74 Å². The zero-order chi connectivity index (χ0) is 23.3. The van der Waals surface area contributed by atoms with Gasteiger partial charge in [-0.3, -0.25) is 9.48 Å². The molecule has 2 aromatic heterocycles. The van der Waals surface area contributed by atoms with Crippen LogP contribution in [0.15, 0.2) is 18.5 Å². The maximum Gasteiger partial charge on any atom is 0.249 e. The van der Waals surface area contributed by atoms with Gasteiger partial charge in [0.05, 0.1) is 29.4 Å². The van der Waals surface area contributed by atoms with Crippen molar-refractivity contribution >= 4 is 23.1 Å². The number of nitrogens with one attached hydrogen (secondary N) is 2. The minimum atomic E-state index is -2.55. The highest BCUT2D eigenvalue weighted by atomic mass is 19.3. The van der Waals surface area contributed by atoms with E-state index in [1.165, 1.54) is 0 Å². The molecule has 8 nitrogen and oxygen atoms in total. The van der Waals surface area contributed by atoms with Crippen molar-refractivity contribution < 1.29 is 18.3 Å². The van der Waals surface area contributed by atoms with E-state index >= 15 is 0 Å². The monoisotopic (exact) mass is 448 g/mol. The molecule has 1 amide bonds. The molecule has 2 aromatic rings. The predicted octanol–water partition coefficient (Wildman–Crippen LogP) is 3.43. The number of amides is 1. The highest BCUT2D eigenvalue weighted by Crippen LogP contribution is 2.52. The molecule has 174 valence electrons. The van der Waals surface area contributed by atoms with Crippen molar-refractivity contribution in [1.82, 2.24) is 14.8 Å². The minimum Gasteiger partial charge on any atom is -0.379 e. The van der Waals surface area contributed by atoms with Gasteiger partial charge in [-0.1, -0.05) is 6.92 Å². The first kappa shape index (κ1) is 22.4. The van der Waals surface area contributed by atoms with Crippen LogP contribution in [0.2, 0.25) is 0 Å². The smallest absolute Gasteiger partial charge is 0.249 e. The SMILES string of the molecule is CO[C@H](C)[C@H]1C(=O)Nc2c(cc(NCc3cnn(CC4(C)CC(F)(F)C4)c3)nc2C)N1C. The molecule has 1 fully saturated rings. The van der Waals surface area contributed by atoms with Crippen molar-refractivity contribution in [3.8, 4) is 0 Å². The number of carbonyl (C=O) groups excluding carboxylic acids is 1. The zero-order valence-corrected chi connectivity index (χ0v) is 19.1. The van der Waals surface area contributed by atoms with E-state index in [0.29, 0.717) is 30.3 Å². The number of aryl methyl sites for hydroxylation is 1. The van der Waals surface area contributed by atoms with Gasteiger partial charge in [0.2, 0.25) is 11.8 Å². The van der Waals surface area contributed by atoms with Gasteiger partial charge in [-0.2, -0.15) is 5.10 Å². The molecular formula is C22H30F2N6O2. The van der Waals surface area contributed by atoms with Crippen LogP contribution in [0.3, 0.4) is 0 Å². The quantitative estimate of drug-likeness (QED) is 0.675. The molecule has 2 atom stereocenters. The molecule has 4 rings (SSSR count).